The lowest BCUT2D eigenvalue weighted by molar-refractivity contribution is 0.311. The number of rotatable bonds is 0. The molecule has 70 valence electrons. The van der Waals surface area contributed by atoms with Gasteiger partial charge in [0, 0.05) is 19.3 Å². The fourth-order valence-corrected chi connectivity index (χ4v) is 1.56. The molecule has 0 bridgehead atoms. The number of hydrogen-bond acceptors (Lipinski definition) is 3. The molecule has 2 rings (SSSR count). The Kier molecular flexibility index (Phi) is 2.38. The molecule has 1 atom stereocenters. The highest BCUT2D eigenvalue weighted by molar-refractivity contribution is 6.20. The van der Waals surface area contributed by atoms with Crippen LogP contribution in [0.25, 0.3) is 0 Å². The summed E-state index contributed by atoms with van der Waals surface area (Å²) >= 11 is 6.10. The molecule has 3 nitrogen and oxygen atoms in total. The second-order valence-corrected chi connectivity index (χ2v) is 3.73. The summed E-state index contributed by atoms with van der Waals surface area (Å²) in [5.74, 6) is 0. The first-order chi connectivity index (χ1) is 6.27. The molecule has 2 heterocycles. The number of nitrogens with zero attached hydrogens (tertiary/aromatic N) is 2. The van der Waals surface area contributed by atoms with Gasteiger partial charge < -0.3 is 5.32 Å². The van der Waals surface area contributed by atoms with Crippen molar-refractivity contribution in [1.82, 2.24) is 9.88 Å². The Hall–Kier alpha value is -0.800. The molecule has 1 aromatic heterocycles. The van der Waals surface area contributed by atoms with Gasteiger partial charge in [0.1, 0.15) is 5.50 Å². The topological polar surface area (TPSA) is 28.2 Å². The monoisotopic (exact) mass is 197 g/mol. The third-order valence-corrected chi connectivity index (χ3v) is 2.72. The fourth-order valence-electron chi connectivity index (χ4n) is 1.41. The molecule has 13 heavy (non-hydrogen) atoms. The molecular weight excluding hydrogens is 186 g/mol. The van der Waals surface area contributed by atoms with E-state index in [9.17, 15) is 0 Å². The van der Waals surface area contributed by atoms with Crippen LogP contribution in [-0.2, 0) is 6.54 Å². The van der Waals surface area contributed by atoms with E-state index < -0.39 is 0 Å². The van der Waals surface area contributed by atoms with Crippen LogP contribution in [0.1, 0.15) is 5.69 Å². The normalized spacial score (nSPS) is 23.1. The van der Waals surface area contributed by atoms with E-state index in [2.05, 4.69) is 15.2 Å². The summed E-state index contributed by atoms with van der Waals surface area (Å²) in [6.45, 7) is 1.56. The maximum absolute atomic E-state index is 6.10. The largest absolute Gasteiger partial charge is 0.381 e. The zero-order valence-corrected chi connectivity index (χ0v) is 8.25. The summed E-state index contributed by atoms with van der Waals surface area (Å²) in [6.07, 6.45) is 1.81. The van der Waals surface area contributed by atoms with E-state index in [1.165, 1.54) is 0 Å². The summed E-state index contributed by atoms with van der Waals surface area (Å²) in [7, 11) is 2.00. The summed E-state index contributed by atoms with van der Waals surface area (Å²) in [5.41, 5.74) is 2.19. The predicted molar refractivity (Wildman–Crippen MR) is 53.8 cm³/mol. The van der Waals surface area contributed by atoms with Crippen molar-refractivity contribution in [3.8, 4) is 0 Å². The van der Waals surface area contributed by atoms with E-state index in [0.29, 0.717) is 0 Å². The lowest BCUT2D eigenvalue weighted by atomic mass is 10.3. The lowest BCUT2D eigenvalue weighted by Gasteiger charge is -2.18. The van der Waals surface area contributed by atoms with E-state index in [0.717, 1.165) is 24.5 Å². The zero-order chi connectivity index (χ0) is 9.26. The van der Waals surface area contributed by atoms with Crippen LogP contribution in [0.15, 0.2) is 18.3 Å². The van der Waals surface area contributed by atoms with E-state index in [-0.39, 0.29) is 5.50 Å². The van der Waals surface area contributed by atoms with Crippen molar-refractivity contribution < 1.29 is 0 Å². The van der Waals surface area contributed by atoms with E-state index in [1.807, 2.05) is 25.4 Å². The molecule has 0 spiro atoms. The molecule has 0 aromatic carbocycles. The van der Waals surface area contributed by atoms with Gasteiger partial charge in [-0.25, -0.2) is 0 Å². The van der Waals surface area contributed by atoms with Gasteiger partial charge in [0.15, 0.2) is 0 Å². The van der Waals surface area contributed by atoms with Gasteiger partial charge >= 0.3 is 0 Å². The van der Waals surface area contributed by atoms with E-state index in [1.54, 1.807) is 0 Å². The average Bonchev–Trinajstić information content (AvgIpc) is 2.28. The minimum absolute atomic E-state index is 0.0363. The van der Waals surface area contributed by atoms with Crippen LogP contribution < -0.4 is 5.32 Å². The molecule has 0 radical (unpaired) electrons. The number of alkyl halides is 1. The molecule has 0 amide bonds. The Labute approximate surface area is 82.7 Å². The van der Waals surface area contributed by atoms with Crippen molar-refractivity contribution in [2.75, 3.05) is 18.9 Å². The molecule has 0 saturated heterocycles. The zero-order valence-electron chi connectivity index (χ0n) is 7.50. The number of halogens is 1. The van der Waals surface area contributed by atoms with Crippen LogP contribution >= 0.6 is 11.6 Å². The number of hydrogen-bond donors (Lipinski definition) is 1. The van der Waals surface area contributed by atoms with Crippen molar-refractivity contribution in [2.24, 2.45) is 0 Å². The van der Waals surface area contributed by atoms with Crippen LogP contribution in [0.5, 0.6) is 0 Å². The molecule has 0 fully saturated rings. The smallest absolute Gasteiger partial charge is 0.103 e. The Balaban J connectivity index is 2.29. The van der Waals surface area contributed by atoms with Crippen molar-refractivity contribution in [3.63, 3.8) is 0 Å². The summed E-state index contributed by atoms with van der Waals surface area (Å²) in [6, 6.07) is 3.96. The van der Waals surface area contributed by atoms with Crippen LogP contribution in [0.2, 0.25) is 0 Å². The summed E-state index contributed by atoms with van der Waals surface area (Å²) in [4.78, 5) is 6.38. The number of nitrogens with one attached hydrogen (secondary N) is 1. The Morgan fingerprint density at radius 2 is 2.54 bits per heavy atom. The van der Waals surface area contributed by atoms with Crippen LogP contribution in [0, 0.1) is 0 Å². The van der Waals surface area contributed by atoms with Gasteiger partial charge in [0.2, 0.25) is 0 Å². The highest BCUT2D eigenvalue weighted by Gasteiger charge is 2.18. The van der Waals surface area contributed by atoms with Gasteiger partial charge in [0.05, 0.1) is 11.4 Å². The van der Waals surface area contributed by atoms with Crippen LogP contribution in [-0.4, -0.2) is 29.0 Å². The SMILES string of the molecule is CN1Cc2ncccc2NCC1Cl. The average molecular weight is 198 g/mol. The van der Waals surface area contributed by atoms with Gasteiger partial charge in [-0.05, 0) is 19.2 Å². The van der Waals surface area contributed by atoms with Crippen LogP contribution in [0.3, 0.4) is 0 Å². The highest BCUT2D eigenvalue weighted by atomic mass is 35.5. The van der Waals surface area contributed by atoms with E-state index in [4.69, 9.17) is 11.6 Å². The predicted octanol–water partition coefficient (Wildman–Crippen LogP) is 1.50. The third-order valence-electron chi connectivity index (χ3n) is 2.23. The molecule has 0 saturated carbocycles. The summed E-state index contributed by atoms with van der Waals surface area (Å²) in [5, 5.41) is 3.27. The minimum Gasteiger partial charge on any atom is -0.381 e. The number of pyridine rings is 1. The number of anilines is 1. The van der Waals surface area contributed by atoms with Crippen molar-refractivity contribution in [2.45, 2.75) is 12.0 Å². The van der Waals surface area contributed by atoms with Crippen molar-refractivity contribution in [1.29, 1.82) is 0 Å². The van der Waals surface area contributed by atoms with Crippen LogP contribution in [0.4, 0.5) is 5.69 Å². The van der Waals surface area contributed by atoms with Gasteiger partial charge in [-0.2, -0.15) is 0 Å². The first-order valence-corrected chi connectivity index (χ1v) is 4.73. The molecule has 1 aliphatic rings. The molecule has 1 N–H and O–H groups in total. The standard InChI is InChI=1S/C9H12ClN3/c1-13-6-8-7(3-2-4-11-8)12-5-9(13)10/h2-4,9,12H,5-6H2,1H3. The van der Waals surface area contributed by atoms with Gasteiger partial charge in [-0.1, -0.05) is 0 Å². The first-order valence-electron chi connectivity index (χ1n) is 4.29. The molecular formula is C9H12ClN3. The molecule has 0 aliphatic carbocycles. The number of fused-ring (bicyclic) bond motifs is 1. The van der Waals surface area contributed by atoms with Gasteiger partial charge in [-0.15, -0.1) is 11.6 Å². The highest BCUT2D eigenvalue weighted by Crippen LogP contribution is 2.19. The maximum Gasteiger partial charge on any atom is 0.103 e. The number of aromatic nitrogens is 1. The minimum atomic E-state index is 0.0363. The fraction of sp³-hybridized carbons (Fsp3) is 0.444. The Morgan fingerprint density at radius 3 is 3.38 bits per heavy atom. The second kappa shape index (κ2) is 3.52. The molecule has 1 aliphatic heterocycles. The van der Waals surface area contributed by atoms with Gasteiger partial charge in [0.25, 0.3) is 0 Å². The molecule has 1 unspecified atom stereocenters. The van der Waals surface area contributed by atoms with E-state index >= 15 is 0 Å². The lowest BCUT2D eigenvalue weighted by Crippen LogP contribution is -2.29. The first kappa shape index (κ1) is 8.78. The number of likely N-dealkylation sites (N-methyl/N-ethyl adjacent to an activating group) is 1. The molecule has 1 aromatic rings. The Bertz CT molecular complexity index is 303. The third kappa shape index (κ3) is 1.76. The van der Waals surface area contributed by atoms with Crippen molar-refractivity contribution >= 4 is 17.3 Å². The quantitative estimate of drug-likeness (QED) is 0.505. The Morgan fingerprint density at radius 1 is 1.69 bits per heavy atom. The van der Waals surface area contributed by atoms with Gasteiger partial charge in [-0.3, -0.25) is 9.88 Å². The van der Waals surface area contributed by atoms with Crippen molar-refractivity contribution in [3.05, 3.63) is 24.0 Å². The second-order valence-electron chi connectivity index (χ2n) is 3.23. The molecule has 4 heteroatoms. The summed E-state index contributed by atoms with van der Waals surface area (Å²) < 4.78 is 0. The maximum atomic E-state index is 6.10.